The van der Waals surface area contributed by atoms with Gasteiger partial charge in [0.15, 0.2) is 17.5 Å². The van der Waals surface area contributed by atoms with E-state index in [2.05, 4.69) is 132 Å². The molecule has 0 saturated carbocycles. The normalized spacial score (nSPS) is 11.7. The molecule has 0 spiro atoms. The third-order valence-corrected chi connectivity index (χ3v) is 13.4. The highest BCUT2D eigenvalue weighted by Crippen LogP contribution is 2.44. The van der Waals surface area contributed by atoms with E-state index < -0.39 is 0 Å². The van der Waals surface area contributed by atoms with Crippen LogP contribution in [0.2, 0.25) is 0 Å². The summed E-state index contributed by atoms with van der Waals surface area (Å²) < 4.78 is 2.34. The molecule has 0 aliphatic heterocycles. The lowest BCUT2D eigenvalue weighted by Gasteiger charge is -2.16. The largest absolute Gasteiger partial charge is 0.264 e. The maximum absolute atomic E-state index is 5.42. The Morgan fingerprint density at radius 2 is 0.908 bits per heavy atom. The lowest BCUT2D eigenvalue weighted by molar-refractivity contribution is 1.08. The minimum Gasteiger partial charge on any atom is -0.264 e. The van der Waals surface area contributed by atoms with Crippen molar-refractivity contribution in [2.24, 2.45) is 0 Å². The van der Waals surface area contributed by atoms with Crippen LogP contribution in [0.4, 0.5) is 0 Å². The zero-order chi connectivity index (χ0) is 42.8. The Kier molecular flexibility index (Phi) is 8.53. The molecule has 0 radical (unpaired) electrons. The maximum Gasteiger partial charge on any atom is 0.165 e. The minimum absolute atomic E-state index is 0.536. The van der Waals surface area contributed by atoms with Crippen molar-refractivity contribution in [3.63, 3.8) is 0 Å². The Morgan fingerprint density at radius 3 is 1.58 bits per heavy atom. The second-order valence-corrected chi connectivity index (χ2v) is 17.1. The van der Waals surface area contributed by atoms with Crippen LogP contribution in [0, 0.1) is 0 Å². The van der Waals surface area contributed by atoms with Crippen molar-refractivity contribution in [1.29, 1.82) is 0 Å². The SMILES string of the molecule is c1cncc(-c2ccc(-c3nc(-c4cc(-c5c6cccnc6cc6cccnc56)cc(-c5c6cccnc6cc6cccnc56)c4)nc(-c4cccc5c4sc4ccccc45)n3)cc2)c1. The molecule has 65 heavy (non-hydrogen) atoms. The van der Waals surface area contributed by atoms with Crippen molar-refractivity contribution in [3.05, 3.63) is 195 Å². The Hall–Kier alpha value is -8.66. The fourth-order valence-corrected chi connectivity index (χ4v) is 10.4. The van der Waals surface area contributed by atoms with E-state index in [4.69, 9.17) is 34.9 Å². The first-order chi connectivity index (χ1) is 32.2. The van der Waals surface area contributed by atoms with Crippen LogP contribution in [0.15, 0.2) is 195 Å². The molecular weight excluding hydrogens is 817 g/mol. The van der Waals surface area contributed by atoms with Crippen LogP contribution < -0.4 is 0 Å². The summed E-state index contributed by atoms with van der Waals surface area (Å²) >= 11 is 1.76. The van der Waals surface area contributed by atoms with Crippen molar-refractivity contribution in [2.45, 2.75) is 0 Å². The zero-order valence-electron chi connectivity index (χ0n) is 34.5. The Morgan fingerprint density at radius 1 is 0.354 bits per heavy atom. The molecule has 9 heteroatoms. The molecule has 7 heterocycles. The molecule has 6 aromatic carbocycles. The van der Waals surface area contributed by atoms with Crippen molar-refractivity contribution in [3.8, 4) is 67.5 Å². The molecule has 7 aromatic heterocycles. The van der Waals surface area contributed by atoms with E-state index >= 15 is 0 Å². The smallest absolute Gasteiger partial charge is 0.165 e. The van der Waals surface area contributed by atoms with Gasteiger partial charge < -0.3 is 0 Å². The number of pyridine rings is 5. The predicted octanol–water partition coefficient (Wildman–Crippen LogP) is 13.8. The third kappa shape index (κ3) is 6.28. The number of rotatable bonds is 6. The first-order valence-electron chi connectivity index (χ1n) is 21.3. The number of hydrogen-bond donors (Lipinski definition) is 0. The van der Waals surface area contributed by atoms with E-state index in [9.17, 15) is 0 Å². The van der Waals surface area contributed by atoms with Crippen LogP contribution in [0.25, 0.3) is 131 Å². The minimum atomic E-state index is 0.536. The number of thiophene rings is 1. The fraction of sp³-hybridized carbons (Fsp3) is 0. The van der Waals surface area contributed by atoms with Gasteiger partial charge in [-0.3, -0.25) is 24.9 Å². The Bertz CT molecular complexity index is 3770. The first kappa shape index (κ1) is 36.9. The van der Waals surface area contributed by atoms with Crippen molar-refractivity contribution >= 4 is 75.1 Å². The molecule has 0 aliphatic rings. The van der Waals surface area contributed by atoms with Crippen LogP contribution in [0.1, 0.15) is 0 Å². The van der Waals surface area contributed by atoms with Gasteiger partial charge in [0.05, 0.1) is 22.1 Å². The summed E-state index contributed by atoms with van der Waals surface area (Å²) in [5.74, 6) is 1.69. The summed E-state index contributed by atoms with van der Waals surface area (Å²) in [4.78, 5) is 40.1. The van der Waals surface area contributed by atoms with Crippen molar-refractivity contribution < 1.29 is 0 Å². The van der Waals surface area contributed by atoms with Gasteiger partial charge in [0.1, 0.15) is 0 Å². The quantitative estimate of drug-likeness (QED) is 0.152. The summed E-state index contributed by atoms with van der Waals surface area (Å²) in [7, 11) is 0. The molecule has 302 valence electrons. The number of hydrogen-bond acceptors (Lipinski definition) is 9. The van der Waals surface area contributed by atoms with Gasteiger partial charge in [-0.1, -0.05) is 84.9 Å². The zero-order valence-corrected chi connectivity index (χ0v) is 35.3. The summed E-state index contributed by atoms with van der Waals surface area (Å²) in [6.07, 6.45) is 11.0. The van der Waals surface area contributed by atoms with Gasteiger partial charge in [-0.25, -0.2) is 15.0 Å². The maximum atomic E-state index is 5.42. The Labute approximate surface area is 375 Å². The fourth-order valence-electron chi connectivity index (χ4n) is 9.18. The van der Waals surface area contributed by atoms with Crippen LogP contribution in [-0.4, -0.2) is 39.9 Å². The molecule has 0 N–H and O–H groups in total. The number of nitrogens with zero attached hydrogens (tertiary/aromatic N) is 8. The van der Waals surface area contributed by atoms with E-state index in [1.54, 1.807) is 17.5 Å². The number of benzene rings is 6. The number of aromatic nitrogens is 8. The monoisotopic (exact) mass is 848 g/mol. The molecule has 0 atom stereocenters. The standard InChI is InChI=1S/C56H32N8S/c1-2-17-48-41(12-1)42-13-3-14-45(53(42)65-48)56-63-54(34-20-18-33(19-21-34)37-11-4-22-57-32-37)62-55(64-56)40-28-38(49-43-15-7-23-58-46(43)30-35-9-5-25-60-51(35)49)27-39(29-40)50-44-16-8-24-59-47(44)31-36-10-6-26-61-52(36)50/h1-32H. The average molecular weight is 849 g/mol. The molecule has 0 unspecified atom stereocenters. The molecular formula is C56H32N8S. The highest BCUT2D eigenvalue weighted by atomic mass is 32.1. The molecule has 13 aromatic rings. The van der Waals surface area contributed by atoms with E-state index in [1.807, 2.05) is 61.3 Å². The van der Waals surface area contributed by atoms with Crippen LogP contribution in [0.5, 0.6) is 0 Å². The summed E-state index contributed by atoms with van der Waals surface area (Å²) in [6, 6.07) is 54.5. The molecule has 0 fully saturated rings. The van der Waals surface area contributed by atoms with E-state index in [-0.39, 0.29) is 0 Å². The highest BCUT2D eigenvalue weighted by molar-refractivity contribution is 7.26. The summed E-state index contributed by atoms with van der Waals surface area (Å²) in [6.45, 7) is 0. The molecule has 0 aliphatic carbocycles. The topological polar surface area (TPSA) is 103 Å². The van der Waals surface area contributed by atoms with Crippen molar-refractivity contribution in [1.82, 2.24) is 39.9 Å². The van der Waals surface area contributed by atoms with Crippen molar-refractivity contribution in [2.75, 3.05) is 0 Å². The van der Waals surface area contributed by atoms with Crippen LogP contribution in [-0.2, 0) is 0 Å². The molecule has 13 rings (SSSR count). The molecule has 0 saturated heterocycles. The molecule has 8 nitrogen and oxygen atoms in total. The van der Waals surface area contributed by atoms with Gasteiger partial charge in [0.25, 0.3) is 0 Å². The van der Waals surface area contributed by atoms with Gasteiger partial charge >= 0.3 is 0 Å². The first-order valence-corrected chi connectivity index (χ1v) is 22.1. The van der Waals surface area contributed by atoms with Gasteiger partial charge in [-0.05, 0) is 95.1 Å². The highest BCUT2D eigenvalue weighted by Gasteiger charge is 2.21. The molecule has 0 bridgehead atoms. The second kappa shape index (κ2) is 15.0. The molecule has 0 amide bonds. The van der Waals surface area contributed by atoms with Gasteiger partial charge in [0, 0.05) is 107 Å². The van der Waals surface area contributed by atoms with Crippen LogP contribution >= 0.6 is 11.3 Å². The van der Waals surface area contributed by atoms with Gasteiger partial charge in [-0.15, -0.1) is 11.3 Å². The van der Waals surface area contributed by atoms with E-state index in [0.29, 0.717) is 17.5 Å². The third-order valence-electron chi connectivity index (χ3n) is 12.1. The van der Waals surface area contributed by atoms with E-state index in [1.165, 1.54) is 15.5 Å². The lowest BCUT2D eigenvalue weighted by atomic mass is 9.90. The Balaban J connectivity index is 1.12. The summed E-state index contributed by atoms with van der Waals surface area (Å²) in [5, 5.41) is 6.36. The van der Waals surface area contributed by atoms with Gasteiger partial charge in [0.2, 0.25) is 0 Å². The average Bonchev–Trinajstić information content (AvgIpc) is 3.76. The lowest BCUT2D eigenvalue weighted by Crippen LogP contribution is -2.01. The van der Waals surface area contributed by atoms with Crippen LogP contribution in [0.3, 0.4) is 0 Å². The summed E-state index contributed by atoms with van der Waals surface area (Å²) in [5.41, 5.74) is 12.1. The van der Waals surface area contributed by atoms with Gasteiger partial charge in [-0.2, -0.15) is 0 Å². The second-order valence-electron chi connectivity index (χ2n) is 16.0. The predicted molar refractivity (Wildman–Crippen MR) is 264 cm³/mol. The number of fused-ring (bicyclic) bond motifs is 7. The van der Waals surface area contributed by atoms with E-state index in [0.717, 1.165) is 98.4 Å².